The van der Waals surface area contributed by atoms with E-state index in [0.717, 1.165) is 16.9 Å². The number of amides is 2. The number of hydrogen-bond donors (Lipinski definition) is 2. The second kappa shape index (κ2) is 7.25. The van der Waals surface area contributed by atoms with Gasteiger partial charge in [-0.25, -0.2) is 9.18 Å². The summed E-state index contributed by atoms with van der Waals surface area (Å²) in [6.45, 7) is 4.08. The zero-order valence-corrected chi connectivity index (χ0v) is 19.0. The molecule has 2 aliphatic heterocycles. The molecule has 0 saturated carbocycles. The third-order valence-corrected chi connectivity index (χ3v) is 7.84. The normalized spacial score (nSPS) is 19.1. The number of carboxylic acid groups (broad SMARTS) is 1. The van der Waals surface area contributed by atoms with E-state index < -0.39 is 23.1 Å². The Morgan fingerprint density at radius 3 is 2.61 bits per heavy atom. The van der Waals surface area contributed by atoms with Gasteiger partial charge < -0.3 is 15.3 Å². The van der Waals surface area contributed by atoms with E-state index in [4.69, 9.17) is 0 Å². The topological polar surface area (TPSA) is 86.7 Å². The molecule has 2 aromatic carbocycles. The van der Waals surface area contributed by atoms with Crippen LogP contribution in [0.15, 0.2) is 42.5 Å². The highest BCUT2D eigenvalue weighted by molar-refractivity contribution is 7.15. The quantitative estimate of drug-likeness (QED) is 0.572. The lowest BCUT2D eigenvalue weighted by Crippen LogP contribution is -2.45. The molecular weight excluding hydrogens is 443 g/mol. The minimum Gasteiger partial charge on any atom is -0.477 e. The molecule has 1 spiro atoms. The maximum absolute atomic E-state index is 14.8. The standard InChI is InChI=1S/C25H21FN2O4S/c1-12(2)13-8-9-17-15(10-13)25(24(32)28(17)3)11-18(29)27-20-19(14-6-4-5-7-16(14)26)21(23(30)31)33-22(20)25/h4-10,12H,11H2,1-3H3,(H,27,29)(H,30,31). The molecule has 0 fully saturated rings. The van der Waals surface area contributed by atoms with Gasteiger partial charge in [-0.15, -0.1) is 11.3 Å². The number of fused-ring (bicyclic) bond motifs is 4. The molecule has 2 aliphatic rings. The third-order valence-electron chi connectivity index (χ3n) is 6.50. The van der Waals surface area contributed by atoms with Crippen LogP contribution in [0.25, 0.3) is 11.1 Å². The molecule has 5 rings (SSSR count). The minimum atomic E-state index is -1.36. The zero-order chi connectivity index (χ0) is 23.7. The number of nitrogens with one attached hydrogen (secondary N) is 1. The summed E-state index contributed by atoms with van der Waals surface area (Å²) in [7, 11) is 1.65. The molecule has 8 heteroatoms. The van der Waals surface area contributed by atoms with E-state index in [-0.39, 0.29) is 39.9 Å². The number of rotatable bonds is 3. The summed E-state index contributed by atoms with van der Waals surface area (Å²) in [4.78, 5) is 40.8. The number of thiophene rings is 1. The van der Waals surface area contributed by atoms with Gasteiger partial charge in [-0.3, -0.25) is 9.59 Å². The molecule has 0 saturated heterocycles. The van der Waals surface area contributed by atoms with Crippen LogP contribution in [0.5, 0.6) is 0 Å². The Labute approximate surface area is 193 Å². The average Bonchev–Trinajstić information content (AvgIpc) is 3.25. The van der Waals surface area contributed by atoms with Gasteiger partial charge in [0.2, 0.25) is 11.8 Å². The van der Waals surface area contributed by atoms with Gasteiger partial charge >= 0.3 is 5.97 Å². The van der Waals surface area contributed by atoms with E-state index in [1.807, 2.05) is 32.0 Å². The minimum absolute atomic E-state index is 0.0692. The maximum atomic E-state index is 14.8. The predicted molar refractivity (Wildman–Crippen MR) is 125 cm³/mol. The zero-order valence-electron chi connectivity index (χ0n) is 18.2. The van der Waals surface area contributed by atoms with Crippen molar-refractivity contribution < 1.29 is 23.9 Å². The number of carbonyl (C=O) groups excluding carboxylic acids is 2. The number of likely N-dealkylation sites (N-methyl/N-ethyl adjacent to an activating group) is 1. The molecule has 1 unspecified atom stereocenters. The van der Waals surface area contributed by atoms with E-state index in [1.165, 1.54) is 23.1 Å². The van der Waals surface area contributed by atoms with E-state index in [2.05, 4.69) is 5.32 Å². The van der Waals surface area contributed by atoms with E-state index in [1.54, 1.807) is 13.1 Å². The third kappa shape index (κ3) is 2.87. The van der Waals surface area contributed by atoms with Crippen molar-refractivity contribution in [3.63, 3.8) is 0 Å². The molecule has 33 heavy (non-hydrogen) atoms. The lowest BCUT2D eigenvalue weighted by Gasteiger charge is -2.32. The van der Waals surface area contributed by atoms with Crippen LogP contribution < -0.4 is 10.2 Å². The number of hydrogen-bond acceptors (Lipinski definition) is 4. The van der Waals surface area contributed by atoms with Crippen molar-refractivity contribution in [1.82, 2.24) is 0 Å². The van der Waals surface area contributed by atoms with Gasteiger partial charge in [0.25, 0.3) is 0 Å². The molecular formula is C25H21FN2O4S. The first-order chi connectivity index (χ1) is 15.7. The fraction of sp³-hybridized carbons (Fsp3) is 0.240. The van der Waals surface area contributed by atoms with Crippen LogP contribution in [0.1, 0.15) is 51.9 Å². The van der Waals surface area contributed by atoms with Crippen molar-refractivity contribution in [3.05, 3.63) is 69.2 Å². The van der Waals surface area contributed by atoms with Gasteiger partial charge in [0, 0.05) is 23.9 Å². The van der Waals surface area contributed by atoms with E-state index >= 15 is 0 Å². The molecule has 2 N–H and O–H groups in total. The van der Waals surface area contributed by atoms with Crippen molar-refractivity contribution in [2.45, 2.75) is 31.6 Å². The van der Waals surface area contributed by atoms with Crippen molar-refractivity contribution >= 4 is 40.5 Å². The summed E-state index contributed by atoms with van der Waals surface area (Å²) in [6, 6.07) is 11.6. The molecule has 3 heterocycles. The van der Waals surface area contributed by atoms with Gasteiger partial charge in [0.15, 0.2) is 0 Å². The molecule has 0 bridgehead atoms. The number of halogens is 1. The van der Waals surface area contributed by atoms with Gasteiger partial charge in [-0.2, -0.15) is 0 Å². The lowest BCUT2D eigenvalue weighted by molar-refractivity contribution is -0.126. The Hall–Kier alpha value is -3.52. The van der Waals surface area contributed by atoms with Gasteiger partial charge in [0.1, 0.15) is 16.1 Å². The highest BCUT2D eigenvalue weighted by Gasteiger charge is 2.57. The first kappa shape index (κ1) is 21.3. The summed E-state index contributed by atoms with van der Waals surface area (Å²) in [5.41, 5.74) is 1.37. The average molecular weight is 465 g/mol. The molecule has 6 nitrogen and oxygen atoms in total. The largest absolute Gasteiger partial charge is 0.477 e. The van der Waals surface area contributed by atoms with E-state index in [0.29, 0.717) is 16.1 Å². The molecule has 2 amide bonds. The summed E-state index contributed by atoms with van der Waals surface area (Å²) in [5, 5.41) is 12.7. The summed E-state index contributed by atoms with van der Waals surface area (Å²) < 4.78 is 14.8. The molecule has 3 aromatic rings. The summed E-state index contributed by atoms with van der Waals surface area (Å²) in [5.74, 6) is -2.37. The number of carbonyl (C=O) groups is 3. The van der Waals surface area contributed by atoms with Crippen molar-refractivity contribution in [1.29, 1.82) is 0 Å². The number of anilines is 2. The fourth-order valence-electron chi connectivity index (χ4n) is 4.88. The Bertz CT molecular complexity index is 1360. The molecule has 0 aliphatic carbocycles. The SMILES string of the molecule is CC(C)c1ccc2c(c1)C1(CC(=O)Nc3c1sc(C(=O)O)c3-c1ccccc1F)C(=O)N2C. The van der Waals surface area contributed by atoms with Gasteiger partial charge in [0.05, 0.1) is 17.0 Å². The monoisotopic (exact) mass is 464 g/mol. The van der Waals surface area contributed by atoms with Crippen LogP contribution in [0.4, 0.5) is 15.8 Å². The molecule has 0 radical (unpaired) electrons. The number of carboxylic acids is 1. The predicted octanol–water partition coefficient (Wildman–Crippen LogP) is 4.98. The van der Waals surface area contributed by atoms with Gasteiger partial charge in [-0.1, -0.05) is 44.2 Å². The van der Waals surface area contributed by atoms with Crippen LogP contribution >= 0.6 is 11.3 Å². The maximum Gasteiger partial charge on any atom is 0.346 e. The molecule has 1 aromatic heterocycles. The fourth-order valence-corrected chi connectivity index (χ4v) is 6.18. The second-order valence-electron chi connectivity index (χ2n) is 8.72. The Kier molecular flexibility index (Phi) is 4.68. The number of nitrogens with zero attached hydrogens (tertiary/aromatic N) is 1. The van der Waals surface area contributed by atoms with Crippen molar-refractivity contribution in [2.75, 3.05) is 17.3 Å². The molecule has 168 valence electrons. The van der Waals surface area contributed by atoms with Crippen LogP contribution in [-0.4, -0.2) is 29.9 Å². The molecule has 1 atom stereocenters. The second-order valence-corrected chi connectivity index (χ2v) is 9.74. The summed E-state index contributed by atoms with van der Waals surface area (Å²) >= 11 is 0.927. The highest BCUT2D eigenvalue weighted by Crippen LogP contribution is 2.57. The first-order valence-corrected chi connectivity index (χ1v) is 11.4. The Morgan fingerprint density at radius 1 is 1.21 bits per heavy atom. The Balaban J connectivity index is 1.87. The van der Waals surface area contributed by atoms with Crippen LogP contribution in [0.3, 0.4) is 0 Å². The first-order valence-electron chi connectivity index (χ1n) is 10.5. The van der Waals surface area contributed by atoms with Crippen LogP contribution in [0.2, 0.25) is 0 Å². The Morgan fingerprint density at radius 2 is 1.94 bits per heavy atom. The van der Waals surface area contributed by atoms with Crippen molar-refractivity contribution in [3.8, 4) is 11.1 Å². The lowest BCUT2D eigenvalue weighted by atomic mass is 9.73. The smallest absolute Gasteiger partial charge is 0.346 e. The van der Waals surface area contributed by atoms with Crippen molar-refractivity contribution in [2.24, 2.45) is 0 Å². The van der Waals surface area contributed by atoms with Crippen LogP contribution in [-0.2, 0) is 15.0 Å². The summed E-state index contributed by atoms with van der Waals surface area (Å²) in [6.07, 6.45) is -0.145. The van der Waals surface area contributed by atoms with E-state index in [9.17, 15) is 23.9 Å². The highest BCUT2D eigenvalue weighted by atomic mass is 32.1. The van der Waals surface area contributed by atoms with Gasteiger partial charge in [-0.05, 0) is 29.2 Å². The van der Waals surface area contributed by atoms with Crippen LogP contribution in [0, 0.1) is 5.82 Å². The number of aromatic carboxylic acids is 1. The number of benzene rings is 2.